The predicted octanol–water partition coefficient (Wildman–Crippen LogP) is 13.4. The molecular weight excluding hydrogens is 667 g/mol. The van der Waals surface area contributed by atoms with Crippen LogP contribution in [0.25, 0.3) is 43.8 Å². The van der Waals surface area contributed by atoms with Gasteiger partial charge in [-0.15, -0.1) is 69.1 Å². The molecule has 0 radical (unpaired) electrons. The van der Waals surface area contributed by atoms with Gasteiger partial charge in [0, 0.05) is 0 Å². The molecule has 6 aromatic rings. The average Bonchev–Trinajstić information content (AvgIpc) is 3.57. The number of aryl methyl sites for hydroxylation is 2. The number of rotatable bonds is 2. The molecule has 0 amide bonds. The third-order valence-corrected chi connectivity index (χ3v) is 11.8. The summed E-state index contributed by atoms with van der Waals surface area (Å²) in [6, 6.07) is 40.2. The topological polar surface area (TPSA) is 0 Å². The Kier molecular flexibility index (Phi) is 11.7. The van der Waals surface area contributed by atoms with E-state index in [1.54, 1.807) is 0 Å². The fourth-order valence-electron chi connectivity index (χ4n) is 5.57. The Labute approximate surface area is 286 Å². The van der Waals surface area contributed by atoms with Crippen molar-refractivity contribution in [3.05, 3.63) is 131 Å². The fourth-order valence-corrected chi connectivity index (χ4v) is 5.57. The van der Waals surface area contributed by atoms with Gasteiger partial charge >= 0.3 is 46.5 Å². The Balaban J connectivity index is 0.000000179. The molecule has 234 valence electrons. The first-order valence-electron chi connectivity index (χ1n) is 15.7. The van der Waals surface area contributed by atoms with E-state index >= 15 is 0 Å². The van der Waals surface area contributed by atoms with Crippen molar-refractivity contribution in [2.45, 2.75) is 73.1 Å². The maximum atomic E-state index is 5.37. The Morgan fingerprint density at radius 1 is 0.556 bits per heavy atom. The third-order valence-electron chi connectivity index (χ3n) is 8.13. The maximum Gasteiger partial charge on any atom is -0.0132 e. The van der Waals surface area contributed by atoms with E-state index in [1.165, 1.54) is 66.1 Å². The van der Waals surface area contributed by atoms with Gasteiger partial charge in [-0.1, -0.05) is 127 Å². The van der Waals surface area contributed by atoms with Crippen molar-refractivity contribution in [3.63, 3.8) is 0 Å². The molecule has 0 nitrogen and oxygen atoms in total. The molecule has 6 aromatic carbocycles. The number of fused-ring (bicyclic) bond motifs is 2. The third kappa shape index (κ3) is 9.26. The molecule has 0 aliphatic heterocycles. The van der Waals surface area contributed by atoms with Crippen LogP contribution in [0.15, 0.2) is 109 Å². The maximum absolute atomic E-state index is 5.37. The molecule has 0 bridgehead atoms. The van der Waals surface area contributed by atoms with Crippen LogP contribution in [-0.4, -0.2) is 3.71 Å². The van der Waals surface area contributed by atoms with Crippen LogP contribution in [0.1, 0.15) is 70.7 Å². The summed E-state index contributed by atoms with van der Waals surface area (Å²) >= 11 is -1.76. The van der Waals surface area contributed by atoms with E-state index in [1.807, 2.05) is 10.6 Å². The van der Waals surface area contributed by atoms with Crippen molar-refractivity contribution >= 4 is 42.3 Å². The molecular formula is C42H46Cl2Zr-2. The van der Waals surface area contributed by atoms with E-state index in [0.29, 0.717) is 0 Å². The molecule has 0 atom stereocenters. The smallest absolute Gasteiger partial charge is 0.0132 e. The molecule has 0 N–H and O–H groups in total. The van der Waals surface area contributed by atoms with Crippen molar-refractivity contribution in [1.29, 1.82) is 0 Å². The molecule has 0 saturated heterocycles. The van der Waals surface area contributed by atoms with Gasteiger partial charge in [-0.3, -0.25) is 0 Å². The second-order valence-corrected chi connectivity index (χ2v) is 22.7. The zero-order chi connectivity index (χ0) is 32.9. The summed E-state index contributed by atoms with van der Waals surface area (Å²) in [6.45, 7) is 19.7. The first kappa shape index (κ1) is 35.3. The molecule has 0 spiro atoms. The van der Waals surface area contributed by atoms with E-state index in [4.69, 9.17) is 17.0 Å². The second-order valence-electron chi connectivity index (χ2n) is 13.9. The van der Waals surface area contributed by atoms with Crippen molar-refractivity contribution in [1.82, 2.24) is 0 Å². The van der Waals surface area contributed by atoms with Crippen LogP contribution < -0.4 is 0 Å². The monoisotopic (exact) mass is 710 g/mol. The van der Waals surface area contributed by atoms with E-state index in [2.05, 4.69) is 165 Å². The Hall–Kier alpha value is -2.57. The van der Waals surface area contributed by atoms with Crippen LogP contribution in [0.5, 0.6) is 0 Å². The van der Waals surface area contributed by atoms with Crippen LogP contribution in [0, 0.1) is 13.8 Å². The summed E-state index contributed by atoms with van der Waals surface area (Å²) < 4.78 is 1.89. The van der Waals surface area contributed by atoms with Crippen LogP contribution in [0.3, 0.4) is 0 Å². The van der Waals surface area contributed by atoms with E-state index in [0.717, 1.165) is 0 Å². The van der Waals surface area contributed by atoms with Crippen LogP contribution in [-0.2, 0) is 29.7 Å². The zero-order valence-electron chi connectivity index (χ0n) is 28.2. The zero-order valence-corrected chi connectivity index (χ0v) is 32.2. The fraction of sp³-hybridized carbons (Fsp3) is 0.262. The Bertz CT molecular complexity index is 1750. The predicted molar refractivity (Wildman–Crippen MR) is 200 cm³/mol. The first-order valence-corrected chi connectivity index (χ1v) is 23.4. The Morgan fingerprint density at radius 3 is 1.18 bits per heavy atom. The summed E-state index contributed by atoms with van der Waals surface area (Å²) in [5.41, 5.74) is 11.1. The first-order chi connectivity index (χ1) is 21.2. The number of halogens is 2. The molecule has 6 rings (SSSR count). The Morgan fingerprint density at radius 2 is 0.889 bits per heavy atom. The summed E-state index contributed by atoms with van der Waals surface area (Å²) in [7, 11) is 10.7. The van der Waals surface area contributed by atoms with E-state index < -0.39 is 18.9 Å². The largest absolute Gasteiger partial charge is 0.165 e. The van der Waals surface area contributed by atoms with Crippen LogP contribution >= 0.6 is 17.0 Å². The van der Waals surface area contributed by atoms with Gasteiger partial charge in [0.1, 0.15) is 0 Å². The van der Waals surface area contributed by atoms with E-state index in [-0.39, 0.29) is 10.8 Å². The molecule has 0 saturated carbocycles. The molecule has 45 heavy (non-hydrogen) atoms. The number of benzene rings is 4. The molecule has 0 fully saturated rings. The number of hydrogen-bond donors (Lipinski definition) is 0. The molecule has 0 aromatic heterocycles. The minimum absolute atomic E-state index is 0.210. The van der Waals surface area contributed by atoms with Gasteiger partial charge in [0.2, 0.25) is 0 Å². The molecule has 0 heterocycles. The van der Waals surface area contributed by atoms with Gasteiger partial charge in [-0.25, -0.2) is 0 Å². The van der Waals surface area contributed by atoms with Crippen molar-refractivity contribution in [2.75, 3.05) is 0 Å². The van der Waals surface area contributed by atoms with Gasteiger partial charge in [-0.05, 0) is 33.1 Å². The SMILES string of the molecule is C[CH]=[Zr]([Cl])[Cl].Cc1cc2c(-c3ccc(C(C)(C)C)cc3)cccc2[cH-]1.Cc1cc2c(-c3ccc(C(C)(C)C)cc3)cccc2[cH-]1. The molecule has 0 unspecified atom stereocenters. The average molecular weight is 713 g/mol. The van der Waals surface area contributed by atoms with Gasteiger partial charge < -0.3 is 0 Å². The van der Waals surface area contributed by atoms with E-state index in [9.17, 15) is 0 Å². The normalized spacial score (nSPS) is 11.4. The minimum atomic E-state index is -1.76. The number of hydrogen-bond acceptors (Lipinski definition) is 0. The van der Waals surface area contributed by atoms with Crippen LogP contribution in [0.4, 0.5) is 0 Å². The van der Waals surface area contributed by atoms with Crippen molar-refractivity contribution < 1.29 is 18.9 Å². The van der Waals surface area contributed by atoms with Gasteiger partial charge in [0.05, 0.1) is 0 Å². The van der Waals surface area contributed by atoms with Crippen molar-refractivity contribution in [2.24, 2.45) is 0 Å². The molecule has 0 aliphatic carbocycles. The van der Waals surface area contributed by atoms with Gasteiger partial charge in [-0.2, -0.15) is 12.1 Å². The van der Waals surface area contributed by atoms with Gasteiger partial charge in [0.25, 0.3) is 0 Å². The minimum Gasteiger partial charge on any atom is -0.165 e. The summed E-state index contributed by atoms with van der Waals surface area (Å²) in [5.74, 6) is 0. The summed E-state index contributed by atoms with van der Waals surface area (Å²) in [4.78, 5) is 0. The summed E-state index contributed by atoms with van der Waals surface area (Å²) in [5, 5.41) is 5.38. The quantitative estimate of drug-likeness (QED) is 0.157. The second kappa shape index (κ2) is 14.9. The molecule has 3 heteroatoms. The van der Waals surface area contributed by atoms with Gasteiger partial charge in [0.15, 0.2) is 0 Å². The van der Waals surface area contributed by atoms with Crippen molar-refractivity contribution in [3.8, 4) is 22.3 Å². The molecule has 0 aliphatic rings. The summed E-state index contributed by atoms with van der Waals surface area (Å²) in [6.07, 6.45) is 0. The standard InChI is InChI=1S/2C20H21.C2H4.2ClH.Zr/c2*1-14-12-16-6-5-7-18(19(16)13-14)15-8-10-17(11-9-15)20(2,3)4;1-2;;;/h2*5-13H,1-4H3;1H,2H3;2*1H;/q2*-1;;;;+2/p-2. The van der Waals surface area contributed by atoms with Crippen LogP contribution in [0.2, 0.25) is 0 Å².